The Labute approximate surface area is 120 Å². The van der Waals surface area contributed by atoms with Crippen LogP contribution in [-0.2, 0) is 17.3 Å². The van der Waals surface area contributed by atoms with Gasteiger partial charge in [-0.2, -0.15) is 11.8 Å². The summed E-state index contributed by atoms with van der Waals surface area (Å²) in [5.74, 6) is 9.82. The third-order valence-corrected chi connectivity index (χ3v) is 4.85. The minimum absolute atomic E-state index is 0.761. The van der Waals surface area contributed by atoms with Crippen LogP contribution in [0.4, 0.5) is 5.82 Å². The number of rotatable bonds is 4. The van der Waals surface area contributed by atoms with Gasteiger partial charge in [0.1, 0.15) is 11.6 Å². The maximum atomic E-state index is 5.54. The Bertz CT molecular complexity index is 574. The summed E-state index contributed by atoms with van der Waals surface area (Å²) in [6.45, 7) is 0. The average Bonchev–Trinajstić information content (AvgIpc) is 2.93. The summed E-state index contributed by atoms with van der Waals surface area (Å²) in [5.41, 5.74) is 4.97. The lowest BCUT2D eigenvalue weighted by atomic mass is 10.2. The molecule has 0 saturated carbocycles. The molecule has 0 saturated heterocycles. The van der Waals surface area contributed by atoms with Crippen molar-refractivity contribution in [2.45, 2.75) is 22.2 Å². The van der Waals surface area contributed by atoms with Crippen LogP contribution in [0.25, 0.3) is 0 Å². The van der Waals surface area contributed by atoms with Crippen LogP contribution in [0.3, 0.4) is 0 Å². The molecule has 0 radical (unpaired) electrons. The van der Waals surface area contributed by atoms with E-state index in [1.807, 2.05) is 30.0 Å². The molecule has 0 unspecified atom stereocenters. The topological polar surface area (TPSA) is 63.8 Å². The lowest BCUT2D eigenvalue weighted by Gasteiger charge is -2.08. The fourth-order valence-corrected chi connectivity index (χ4v) is 3.77. The summed E-state index contributed by atoms with van der Waals surface area (Å²) in [6.07, 6.45) is 0. The lowest BCUT2D eigenvalue weighted by molar-refractivity contribution is 0.969. The van der Waals surface area contributed by atoms with E-state index in [0.717, 1.165) is 40.2 Å². The van der Waals surface area contributed by atoms with Gasteiger partial charge in [0.15, 0.2) is 0 Å². The van der Waals surface area contributed by atoms with Gasteiger partial charge in [0.05, 0.1) is 11.4 Å². The molecule has 19 heavy (non-hydrogen) atoms. The number of nitrogens with zero attached hydrogens (tertiary/aromatic N) is 2. The Balaban J connectivity index is 1.78. The number of nitrogens with two attached hydrogens (primary N) is 1. The molecule has 4 nitrogen and oxygen atoms in total. The molecule has 1 aromatic heterocycles. The second kappa shape index (κ2) is 5.81. The molecule has 0 bridgehead atoms. The van der Waals surface area contributed by atoms with Crippen LogP contribution in [-0.4, -0.2) is 9.97 Å². The van der Waals surface area contributed by atoms with E-state index < -0.39 is 0 Å². The van der Waals surface area contributed by atoms with E-state index >= 15 is 0 Å². The molecule has 0 aliphatic carbocycles. The Morgan fingerprint density at radius 2 is 2.05 bits per heavy atom. The standard InChI is InChI=1S/C13H14N4S2/c14-17-13-10-6-18-7-11(10)15-12(16-13)8-19-9-4-2-1-3-5-9/h1-5H,6-8,14H2,(H,15,16,17). The van der Waals surface area contributed by atoms with E-state index in [0.29, 0.717) is 0 Å². The number of hydrogen-bond donors (Lipinski definition) is 2. The summed E-state index contributed by atoms with van der Waals surface area (Å²) in [4.78, 5) is 10.4. The summed E-state index contributed by atoms with van der Waals surface area (Å²) < 4.78 is 0. The molecule has 1 aliphatic heterocycles. The predicted octanol–water partition coefficient (Wildman–Crippen LogP) is 2.80. The highest BCUT2D eigenvalue weighted by Crippen LogP contribution is 2.33. The number of nitrogens with one attached hydrogen (secondary N) is 1. The van der Waals surface area contributed by atoms with Gasteiger partial charge in [-0.1, -0.05) is 18.2 Å². The maximum Gasteiger partial charge on any atom is 0.148 e. The van der Waals surface area contributed by atoms with Crippen molar-refractivity contribution in [1.29, 1.82) is 0 Å². The highest BCUT2D eigenvalue weighted by molar-refractivity contribution is 7.98. The van der Waals surface area contributed by atoms with Gasteiger partial charge < -0.3 is 5.43 Å². The number of nitrogen functional groups attached to an aromatic ring is 1. The quantitative estimate of drug-likeness (QED) is 0.513. The minimum Gasteiger partial charge on any atom is -0.308 e. The second-order valence-corrected chi connectivity index (χ2v) is 6.19. The third-order valence-electron chi connectivity index (χ3n) is 2.87. The molecule has 98 valence electrons. The fourth-order valence-electron chi connectivity index (χ4n) is 1.95. The highest BCUT2D eigenvalue weighted by atomic mass is 32.2. The second-order valence-electron chi connectivity index (χ2n) is 4.15. The molecule has 2 heterocycles. The van der Waals surface area contributed by atoms with Gasteiger partial charge in [0, 0.05) is 22.0 Å². The van der Waals surface area contributed by atoms with Crippen molar-refractivity contribution in [2.75, 3.05) is 5.43 Å². The lowest BCUT2D eigenvalue weighted by Crippen LogP contribution is -2.13. The van der Waals surface area contributed by atoms with Crippen molar-refractivity contribution >= 4 is 29.3 Å². The van der Waals surface area contributed by atoms with Gasteiger partial charge in [0.25, 0.3) is 0 Å². The number of hydrogen-bond acceptors (Lipinski definition) is 6. The molecule has 6 heteroatoms. The zero-order chi connectivity index (χ0) is 13.1. The molecule has 0 spiro atoms. The molecular formula is C13H14N4S2. The van der Waals surface area contributed by atoms with E-state index in [1.165, 1.54) is 4.90 Å². The molecule has 1 aromatic carbocycles. The minimum atomic E-state index is 0.761. The van der Waals surface area contributed by atoms with Gasteiger partial charge in [-0.25, -0.2) is 15.8 Å². The molecule has 2 aromatic rings. The van der Waals surface area contributed by atoms with E-state index in [-0.39, 0.29) is 0 Å². The zero-order valence-electron chi connectivity index (χ0n) is 10.3. The molecule has 0 atom stereocenters. The zero-order valence-corrected chi connectivity index (χ0v) is 11.9. The summed E-state index contributed by atoms with van der Waals surface area (Å²) in [5, 5.41) is 0. The first kappa shape index (κ1) is 12.8. The third kappa shape index (κ3) is 2.86. The van der Waals surface area contributed by atoms with Crippen molar-refractivity contribution in [1.82, 2.24) is 9.97 Å². The molecule has 0 amide bonds. The van der Waals surface area contributed by atoms with Crippen molar-refractivity contribution in [3.8, 4) is 0 Å². The van der Waals surface area contributed by atoms with Crippen LogP contribution in [0.2, 0.25) is 0 Å². The number of anilines is 1. The SMILES string of the molecule is NNc1nc(CSc2ccccc2)nc2c1CSC2. The summed E-state index contributed by atoms with van der Waals surface area (Å²) in [6, 6.07) is 10.3. The first-order valence-electron chi connectivity index (χ1n) is 5.97. The molecule has 1 aliphatic rings. The highest BCUT2D eigenvalue weighted by Gasteiger charge is 2.19. The molecule has 3 N–H and O–H groups in total. The monoisotopic (exact) mass is 290 g/mol. The smallest absolute Gasteiger partial charge is 0.148 e. The van der Waals surface area contributed by atoms with Crippen molar-refractivity contribution < 1.29 is 0 Å². The van der Waals surface area contributed by atoms with Crippen LogP contribution in [0, 0.1) is 0 Å². The number of thioether (sulfide) groups is 2. The predicted molar refractivity (Wildman–Crippen MR) is 80.8 cm³/mol. The Morgan fingerprint density at radius 1 is 1.21 bits per heavy atom. The van der Waals surface area contributed by atoms with Gasteiger partial charge in [-0.15, -0.1) is 11.8 Å². The van der Waals surface area contributed by atoms with Gasteiger partial charge in [-0.05, 0) is 12.1 Å². The normalized spacial score (nSPS) is 13.3. The van der Waals surface area contributed by atoms with E-state index in [4.69, 9.17) is 5.84 Å². The Hall–Kier alpha value is -1.24. The largest absolute Gasteiger partial charge is 0.308 e. The van der Waals surface area contributed by atoms with Crippen LogP contribution < -0.4 is 11.3 Å². The Morgan fingerprint density at radius 3 is 2.84 bits per heavy atom. The van der Waals surface area contributed by atoms with Crippen LogP contribution in [0.15, 0.2) is 35.2 Å². The van der Waals surface area contributed by atoms with E-state index in [9.17, 15) is 0 Å². The van der Waals surface area contributed by atoms with Crippen molar-refractivity contribution in [2.24, 2.45) is 5.84 Å². The van der Waals surface area contributed by atoms with Crippen LogP contribution >= 0.6 is 23.5 Å². The first-order chi connectivity index (χ1) is 9.36. The number of fused-ring (bicyclic) bond motifs is 1. The first-order valence-corrected chi connectivity index (χ1v) is 8.11. The average molecular weight is 290 g/mol. The van der Waals surface area contributed by atoms with E-state index in [2.05, 4.69) is 27.5 Å². The molecule has 0 fully saturated rings. The van der Waals surface area contributed by atoms with Crippen molar-refractivity contribution in [3.05, 3.63) is 47.4 Å². The van der Waals surface area contributed by atoms with Gasteiger partial charge >= 0.3 is 0 Å². The summed E-state index contributed by atoms with van der Waals surface area (Å²) in [7, 11) is 0. The molecule has 3 rings (SSSR count). The number of benzene rings is 1. The van der Waals surface area contributed by atoms with Gasteiger partial charge in [0.2, 0.25) is 0 Å². The number of aromatic nitrogens is 2. The maximum absolute atomic E-state index is 5.54. The number of hydrazine groups is 1. The molecular weight excluding hydrogens is 276 g/mol. The summed E-state index contributed by atoms with van der Waals surface area (Å²) >= 11 is 3.59. The van der Waals surface area contributed by atoms with E-state index in [1.54, 1.807) is 11.8 Å². The van der Waals surface area contributed by atoms with Crippen LogP contribution in [0.1, 0.15) is 17.1 Å². The Kier molecular flexibility index (Phi) is 3.91. The fraction of sp³-hybridized carbons (Fsp3) is 0.231. The van der Waals surface area contributed by atoms with Crippen LogP contribution in [0.5, 0.6) is 0 Å². The van der Waals surface area contributed by atoms with Gasteiger partial charge in [-0.3, -0.25) is 0 Å². The van der Waals surface area contributed by atoms with Crippen molar-refractivity contribution in [3.63, 3.8) is 0 Å².